The smallest absolute Gasteiger partial charge is 0.240 e. The molecule has 1 aromatic carbocycles. The first-order valence-corrected chi connectivity index (χ1v) is 7.44. The average Bonchev–Trinajstić information content (AvgIpc) is 2.84. The number of hydrogen-bond donors (Lipinski definition) is 2. The van der Waals surface area contributed by atoms with Crippen molar-refractivity contribution in [1.82, 2.24) is 10.3 Å². The molecule has 0 unspecified atom stereocenters. The van der Waals surface area contributed by atoms with Crippen LogP contribution in [0.15, 0.2) is 30.3 Å². The molecule has 0 radical (unpaired) electrons. The zero-order valence-electron chi connectivity index (χ0n) is 12.3. The van der Waals surface area contributed by atoms with Crippen LogP contribution in [0.25, 0.3) is 11.3 Å². The van der Waals surface area contributed by atoms with E-state index < -0.39 is 0 Å². The van der Waals surface area contributed by atoms with E-state index in [1.54, 1.807) is 18.4 Å². The maximum atomic E-state index is 11.6. The second-order valence-electron chi connectivity index (χ2n) is 4.83. The molecule has 21 heavy (non-hydrogen) atoms. The number of benzene rings is 1. The molecule has 0 atom stereocenters. The Morgan fingerprint density at radius 3 is 2.52 bits per heavy atom. The lowest BCUT2D eigenvalue weighted by atomic mass is 10.1. The molecule has 0 fully saturated rings. The van der Waals surface area contributed by atoms with E-state index in [1.165, 1.54) is 4.88 Å². The fourth-order valence-corrected chi connectivity index (χ4v) is 2.91. The van der Waals surface area contributed by atoms with Crippen molar-refractivity contribution in [2.24, 2.45) is 0 Å². The summed E-state index contributed by atoms with van der Waals surface area (Å²) in [7, 11) is 1.75. The van der Waals surface area contributed by atoms with Gasteiger partial charge in [0.25, 0.3) is 0 Å². The number of nitrogens with one attached hydrogen (secondary N) is 2. The van der Waals surface area contributed by atoms with Gasteiger partial charge in [-0.25, -0.2) is 4.98 Å². The summed E-state index contributed by atoms with van der Waals surface area (Å²) >= 11 is 1.55. The van der Waals surface area contributed by atoms with E-state index >= 15 is 0 Å². The monoisotopic (exact) mass is 325 g/mol. The van der Waals surface area contributed by atoms with Crippen LogP contribution in [0.3, 0.4) is 0 Å². The van der Waals surface area contributed by atoms with E-state index in [9.17, 15) is 4.79 Å². The van der Waals surface area contributed by atoms with Crippen LogP contribution >= 0.6 is 23.7 Å². The Labute approximate surface area is 135 Å². The third-order valence-electron chi connectivity index (χ3n) is 2.81. The van der Waals surface area contributed by atoms with Crippen LogP contribution in [0, 0.1) is 0 Å². The molecule has 1 aromatic heterocycles. The number of rotatable bonds is 5. The lowest BCUT2D eigenvalue weighted by Gasteiger charge is -2.04. The molecule has 0 aliphatic heterocycles. The number of carbonyl (C=O) groups is 1. The summed E-state index contributed by atoms with van der Waals surface area (Å²) in [6, 6.07) is 10.1. The predicted octanol–water partition coefficient (Wildman–Crippen LogP) is 3.51. The number of amides is 1. The fraction of sp³-hybridized carbons (Fsp3) is 0.333. The number of aromatic nitrogens is 1. The minimum Gasteiger partial charge on any atom is -0.311 e. The first kappa shape index (κ1) is 17.6. The molecule has 0 bridgehead atoms. The number of nitrogens with zero attached hydrogens (tertiary/aromatic N) is 1. The first-order valence-electron chi connectivity index (χ1n) is 6.62. The van der Waals surface area contributed by atoms with Crippen molar-refractivity contribution in [3.05, 3.63) is 35.2 Å². The van der Waals surface area contributed by atoms with Crippen molar-refractivity contribution < 1.29 is 4.79 Å². The normalized spacial score (nSPS) is 10.3. The van der Waals surface area contributed by atoms with Gasteiger partial charge in [-0.05, 0) is 13.0 Å². The first-order chi connectivity index (χ1) is 9.61. The van der Waals surface area contributed by atoms with Gasteiger partial charge in [-0.1, -0.05) is 44.2 Å². The fourth-order valence-electron chi connectivity index (χ4n) is 1.90. The van der Waals surface area contributed by atoms with Gasteiger partial charge in [-0.2, -0.15) is 0 Å². The Morgan fingerprint density at radius 2 is 1.95 bits per heavy atom. The molecular formula is C15H20ClN3OS. The second-order valence-corrected chi connectivity index (χ2v) is 5.86. The van der Waals surface area contributed by atoms with Gasteiger partial charge in [-0.3, -0.25) is 4.79 Å². The van der Waals surface area contributed by atoms with Gasteiger partial charge >= 0.3 is 0 Å². The highest BCUT2D eigenvalue weighted by Crippen LogP contribution is 2.35. The van der Waals surface area contributed by atoms with E-state index in [2.05, 4.69) is 29.5 Å². The van der Waals surface area contributed by atoms with Crippen LogP contribution in [-0.4, -0.2) is 24.5 Å². The predicted molar refractivity (Wildman–Crippen MR) is 91.4 cm³/mol. The summed E-state index contributed by atoms with van der Waals surface area (Å²) in [6.45, 7) is 4.57. The molecule has 1 heterocycles. The Kier molecular flexibility index (Phi) is 6.81. The third-order valence-corrected chi connectivity index (χ3v) is 4.08. The molecule has 1 amide bonds. The van der Waals surface area contributed by atoms with Gasteiger partial charge in [-0.15, -0.1) is 23.7 Å². The van der Waals surface area contributed by atoms with Gasteiger partial charge in [0.2, 0.25) is 5.91 Å². The van der Waals surface area contributed by atoms with Crippen LogP contribution in [0.4, 0.5) is 5.13 Å². The van der Waals surface area contributed by atoms with Crippen LogP contribution < -0.4 is 10.6 Å². The standard InChI is InChI=1S/C15H19N3OS.ClH/c1-10(2)14-13(11-7-5-4-6-8-11)18-15(20-14)17-12(19)9-16-3;/h4-8,10,16H,9H2,1-3H3,(H,17,18,19);1H. The summed E-state index contributed by atoms with van der Waals surface area (Å²) in [5.41, 5.74) is 2.05. The molecule has 114 valence electrons. The molecule has 6 heteroatoms. The topological polar surface area (TPSA) is 54.0 Å². The lowest BCUT2D eigenvalue weighted by molar-refractivity contribution is -0.115. The molecule has 0 saturated carbocycles. The van der Waals surface area contributed by atoms with E-state index in [0.29, 0.717) is 11.0 Å². The van der Waals surface area contributed by atoms with E-state index in [-0.39, 0.29) is 24.9 Å². The Balaban J connectivity index is 0.00000220. The highest BCUT2D eigenvalue weighted by atomic mass is 35.5. The van der Waals surface area contributed by atoms with Crippen molar-refractivity contribution in [2.75, 3.05) is 18.9 Å². The number of thiazole rings is 1. The number of carbonyl (C=O) groups excluding carboxylic acids is 1. The van der Waals surface area contributed by atoms with Crippen molar-refractivity contribution in [2.45, 2.75) is 19.8 Å². The molecule has 4 nitrogen and oxygen atoms in total. The Hall–Kier alpha value is -1.43. The van der Waals surface area contributed by atoms with Gasteiger partial charge in [0.15, 0.2) is 5.13 Å². The maximum Gasteiger partial charge on any atom is 0.240 e. The highest BCUT2D eigenvalue weighted by Gasteiger charge is 2.16. The quantitative estimate of drug-likeness (QED) is 0.884. The number of hydrogen-bond acceptors (Lipinski definition) is 4. The summed E-state index contributed by atoms with van der Waals surface area (Å²) in [4.78, 5) is 17.4. The van der Waals surface area contributed by atoms with E-state index in [0.717, 1.165) is 11.3 Å². The molecule has 0 aliphatic carbocycles. The van der Waals surface area contributed by atoms with Crippen molar-refractivity contribution in [3.63, 3.8) is 0 Å². The van der Waals surface area contributed by atoms with Gasteiger partial charge in [0.05, 0.1) is 12.2 Å². The minimum atomic E-state index is -0.0730. The van der Waals surface area contributed by atoms with Crippen molar-refractivity contribution in [1.29, 1.82) is 0 Å². The van der Waals surface area contributed by atoms with E-state index in [1.807, 2.05) is 30.3 Å². The summed E-state index contributed by atoms with van der Waals surface area (Å²) < 4.78 is 0. The zero-order chi connectivity index (χ0) is 14.5. The average molecular weight is 326 g/mol. The Morgan fingerprint density at radius 1 is 1.29 bits per heavy atom. The van der Waals surface area contributed by atoms with Crippen molar-refractivity contribution in [3.8, 4) is 11.3 Å². The SMILES string of the molecule is CNCC(=O)Nc1nc(-c2ccccc2)c(C(C)C)s1.Cl. The summed E-state index contributed by atoms with van der Waals surface area (Å²) in [5.74, 6) is 0.300. The molecular weight excluding hydrogens is 306 g/mol. The number of halogens is 1. The summed E-state index contributed by atoms with van der Waals surface area (Å²) in [6.07, 6.45) is 0. The number of anilines is 1. The third kappa shape index (κ3) is 4.52. The largest absolute Gasteiger partial charge is 0.311 e. The van der Waals surface area contributed by atoms with Crippen LogP contribution in [0.2, 0.25) is 0 Å². The van der Waals surface area contributed by atoms with E-state index in [4.69, 9.17) is 0 Å². The van der Waals surface area contributed by atoms with Crippen LogP contribution in [-0.2, 0) is 4.79 Å². The van der Waals surface area contributed by atoms with Gasteiger partial charge < -0.3 is 10.6 Å². The summed E-state index contributed by atoms with van der Waals surface area (Å²) in [5, 5.41) is 6.32. The molecule has 2 N–H and O–H groups in total. The molecule has 2 rings (SSSR count). The molecule has 2 aromatic rings. The lowest BCUT2D eigenvalue weighted by Crippen LogP contribution is -2.24. The molecule has 0 spiro atoms. The zero-order valence-corrected chi connectivity index (χ0v) is 14.0. The van der Waals surface area contributed by atoms with Gasteiger partial charge in [0.1, 0.15) is 0 Å². The van der Waals surface area contributed by atoms with Crippen molar-refractivity contribution >= 4 is 34.8 Å². The van der Waals surface area contributed by atoms with Crippen LogP contribution in [0.5, 0.6) is 0 Å². The highest BCUT2D eigenvalue weighted by molar-refractivity contribution is 7.16. The van der Waals surface area contributed by atoms with Gasteiger partial charge in [0, 0.05) is 10.4 Å². The number of likely N-dealkylation sites (N-methyl/N-ethyl adjacent to an activating group) is 1. The second kappa shape index (κ2) is 8.12. The molecule has 0 saturated heterocycles. The van der Waals surface area contributed by atoms with Crippen LogP contribution in [0.1, 0.15) is 24.6 Å². The minimum absolute atomic E-state index is 0. The Bertz CT molecular complexity index is 584. The maximum absolute atomic E-state index is 11.6. The molecule has 0 aliphatic rings.